The lowest BCUT2D eigenvalue weighted by Crippen LogP contribution is -2.46. The van der Waals surface area contributed by atoms with Crippen molar-refractivity contribution in [2.75, 3.05) is 19.1 Å². The lowest BCUT2D eigenvalue weighted by Gasteiger charge is -2.28. The Kier molecular flexibility index (Phi) is 7.85. The Bertz CT molecular complexity index is 209. The molecular formula is C12H26N2OS. The highest BCUT2D eigenvalue weighted by molar-refractivity contribution is 7.98. The molecule has 16 heavy (non-hydrogen) atoms. The Labute approximate surface area is 104 Å². The van der Waals surface area contributed by atoms with Crippen LogP contribution in [0, 0.1) is 5.92 Å². The zero-order chi connectivity index (χ0) is 12.7. The van der Waals surface area contributed by atoms with Crippen LogP contribution in [0.2, 0.25) is 0 Å². The second-order valence-corrected chi connectivity index (χ2v) is 5.80. The fourth-order valence-electron chi connectivity index (χ4n) is 1.69. The van der Waals surface area contributed by atoms with Gasteiger partial charge in [-0.3, -0.25) is 4.79 Å². The molecule has 0 aliphatic heterocycles. The van der Waals surface area contributed by atoms with Crippen molar-refractivity contribution < 1.29 is 4.79 Å². The number of nitrogens with zero attached hydrogens (tertiary/aromatic N) is 1. The van der Waals surface area contributed by atoms with Crippen molar-refractivity contribution in [3.8, 4) is 0 Å². The average molecular weight is 246 g/mol. The van der Waals surface area contributed by atoms with E-state index in [4.69, 9.17) is 5.73 Å². The Morgan fingerprint density at radius 1 is 1.38 bits per heavy atom. The number of amides is 1. The third-order valence-electron chi connectivity index (χ3n) is 2.77. The van der Waals surface area contributed by atoms with E-state index in [1.807, 2.05) is 13.3 Å². The second-order valence-electron chi connectivity index (χ2n) is 4.82. The number of likely N-dealkylation sites (N-methyl/N-ethyl adjacent to an activating group) is 1. The van der Waals surface area contributed by atoms with Crippen LogP contribution in [0.25, 0.3) is 0 Å². The van der Waals surface area contributed by atoms with Crippen LogP contribution in [0.15, 0.2) is 0 Å². The van der Waals surface area contributed by atoms with Gasteiger partial charge in [-0.1, -0.05) is 13.8 Å². The summed E-state index contributed by atoms with van der Waals surface area (Å²) < 4.78 is 0. The normalized spacial score (nSPS) is 14.9. The van der Waals surface area contributed by atoms with Gasteiger partial charge in [0, 0.05) is 13.1 Å². The molecule has 0 radical (unpaired) electrons. The molecule has 0 bridgehead atoms. The summed E-state index contributed by atoms with van der Waals surface area (Å²) in [4.78, 5) is 13.8. The minimum atomic E-state index is -0.341. The third-order valence-corrected chi connectivity index (χ3v) is 3.42. The van der Waals surface area contributed by atoms with Gasteiger partial charge in [0.25, 0.3) is 0 Å². The standard InChI is InChI=1S/C12H26N2OS/c1-9(2)8-10(3)14(4)12(15)11(13)6-7-16-5/h9-11H,6-8,13H2,1-5H3/t10?,11-/m1/s1. The van der Waals surface area contributed by atoms with E-state index in [0.29, 0.717) is 5.92 Å². The van der Waals surface area contributed by atoms with Gasteiger partial charge in [-0.05, 0) is 37.7 Å². The molecule has 0 aromatic rings. The molecule has 0 aromatic carbocycles. The van der Waals surface area contributed by atoms with Crippen molar-refractivity contribution in [1.82, 2.24) is 4.90 Å². The maximum absolute atomic E-state index is 12.0. The molecule has 0 aliphatic carbocycles. The molecule has 2 atom stereocenters. The molecule has 0 rings (SSSR count). The summed E-state index contributed by atoms with van der Waals surface area (Å²) in [5.74, 6) is 1.62. The molecule has 0 heterocycles. The molecule has 4 heteroatoms. The molecule has 1 unspecified atom stereocenters. The van der Waals surface area contributed by atoms with E-state index >= 15 is 0 Å². The van der Waals surface area contributed by atoms with E-state index in [1.165, 1.54) is 0 Å². The lowest BCUT2D eigenvalue weighted by molar-refractivity contribution is -0.133. The predicted octanol–water partition coefficient (Wildman–Crippen LogP) is 1.96. The highest BCUT2D eigenvalue weighted by Crippen LogP contribution is 2.11. The zero-order valence-electron chi connectivity index (χ0n) is 11.2. The molecule has 0 saturated carbocycles. The Morgan fingerprint density at radius 2 is 1.94 bits per heavy atom. The SMILES string of the molecule is CSCC[C@@H](N)C(=O)N(C)C(C)CC(C)C. The van der Waals surface area contributed by atoms with Crippen LogP contribution in [0.3, 0.4) is 0 Å². The summed E-state index contributed by atoms with van der Waals surface area (Å²) in [7, 11) is 1.86. The lowest BCUT2D eigenvalue weighted by atomic mass is 10.0. The van der Waals surface area contributed by atoms with E-state index in [0.717, 1.165) is 18.6 Å². The van der Waals surface area contributed by atoms with Gasteiger partial charge in [0.2, 0.25) is 5.91 Å². The van der Waals surface area contributed by atoms with Gasteiger partial charge in [-0.15, -0.1) is 0 Å². The summed E-state index contributed by atoms with van der Waals surface area (Å²) >= 11 is 1.73. The smallest absolute Gasteiger partial charge is 0.239 e. The van der Waals surface area contributed by atoms with Crippen LogP contribution in [0.4, 0.5) is 0 Å². The second kappa shape index (κ2) is 7.96. The molecule has 3 nitrogen and oxygen atoms in total. The summed E-state index contributed by atoms with van der Waals surface area (Å²) in [6.07, 6.45) is 3.82. The Morgan fingerprint density at radius 3 is 2.38 bits per heavy atom. The van der Waals surface area contributed by atoms with Gasteiger partial charge in [0.1, 0.15) is 0 Å². The first-order valence-corrected chi connectivity index (χ1v) is 7.30. The largest absolute Gasteiger partial charge is 0.342 e. The quantitative estimate of drug-likeness (QED) is 0.747. The average Bonchev–Trinajstić information content (AvgIpc) is 2.22. The fourth-order valence-corrected chi connectivity index (χ4v) is 2.18. The third kappa shape index (κ3) is 5.75. The molecular weight excluding hydrogens is 220 g/mol. The summed E-state index contributed by atoms with van der Waals surface area (Å²) in [5, 5.41) is 0. The van der Waals surface area contributed by atoms with Gasteiger partial charge in [0.15, 0.2) is 0 Å². The van der Waals surface area contributed by atoms with Gasteiger partial charge in [-0.2, -0.15) is 11.8 Å². The first kappa shape index (κ1) is 15.8. The molecule has 1 amide bonds. The van der Waals surface area contributed by atoms with Crippen LogP contribution in [-0.4, -0.2) is 41.9 Å². The van der Waals surface area contributed by atoms with Crippen molar-refractivity contribution in [1.29, 1.82) is 0 Å². The first-order valence-electron chi connectivity index (χ1n) is 5.91. The van der Waals surface area contributed by atoms with Gasteiger partial charge >= 0.3 is 0 Å². The maximum atomic E-state index is 12.0. The zero-order valence-corrected chi connectivity index (χ0v) is 12.0. The summed E-state index contributed by atoms with van der Waals surface area (Å²) in [6.45, 7) is 6.42. The summed E-state index contributed by atoms with van der Waals surface area (Å²) in [5.41, 5.74) is 5.87. The Balaban J connectivity index is 4.14. The number of hydrogen-bond acceptors (Lipinski definition) is 3. The number of nitrogens with two attached hydrogens (primary N) is 1. The van der Waals surface area contributed by atoms with Crippen molar-refractivity contribution in [2.45, 2.75) is 45.7 Å². The van der Waals surface area contributed by atoms with Crippen molar-refractivity contribution in [3.63, 3.8) is 0 Å². The van der Waals surface area contributed by atoms with Crippen LogP contribution in [-0.2, 0) is 4.79 Å². The van der Waals surface area contributed by atoms with Gasteiger partial charge in [0.05, 0.1) is 6.04 Å². The van der Waals surface area contributed by atoms with Crippen LogP contribution in [0.1, 0.15) is 33.6 Å². The maximum Gasteiger partial charge on any atom is 0.239 e. The van der Waals surface area contributed by atoms with Crippen molar-refractivity contribution in [2.24, 2.45) is 11.7 Å². The minimum absolute atomic E-state index is 0.0715. The molecule has 2 N–H and O–H groups in total. The number of rotatable bonds is 7. The molecule has 0 fully saturated rings. The topological polar surface area (TPSA) is 46.3 Å². The molecule has 0 saturated heterocycles. The van der Waals surface area contributed by atoms with E-state index < -0.39 is 0 Å². The monoisotopic (exact) mass is 246 g/mol. The van der Waals surface area contributed by atoms with Crippen LogP contribution < -0.4 is 5.73 Å². The van der Waals surface area contributed by atoms with E-state index in [2.05, 4.69) is 20.8 Å². The number of carbonyl (C=O) groups is 1. The van der Waals surface area contributed by atoms with Crippen molar-refractivity contribution >= 4 is 17.7 Å². The van der Waals surface area contributed by atoms with Crippen LogP contribution >= 0.6 is 11.8 Å². The van der Waals surface area contributed by atoms with Gasteiger partial charge in [-0.25, -0.2) is 0 Å². The minimum Gasteiger partial charge on any atom is -0.342 e. The highest BCUT2D eigenvalue weighted by Gasteiger charge is 2.21. The highest BCUT2D eigenvalue weighted by atomic mass is 32.2. The van der Waals surface area contributed by atoms with E-state index in [-0.39, 0.29) is 18.0 Å². The van der Waals surface area contributed by atoms with Crippen molar-refractivity contribution in [3.05, 3.63) is 0 Å². The first-order chi connectivity index (χ1) is 7.40. The van der Waals surface area contributed by atoms with E-state index in [1.54, 1.807) is 16.7 Å². The van der Waals surface area contributed by atoms with E-state index in [9.17, 15) is 4.79 Å². The molecule has 0 aromatic heterocycles. The number of carbonyl (C=O) groups excluding carboxylic acids is 1. The number of hydrogen-bond donors (Lipinski definition) is 1. The van der Waals surface area contributed by atoms with Gasteiger partial charge < -0.3 is 10.6 Å². The predicted molar refractivity (Wildman–Crippen MR) is 72.7 cm³/mol. The Hall–Kier alpha value is -0.220. The fraction of sp³-hybridized carbons (Fsp3) is 0.917. The molecule has 0 aliphatic rings. The molecule has 0 spiro atoms. The van der Waals surface area contributed by atoms with Crippen LogP contribution in [0.5, 0.6) is 0 Å². The molecule has 96 valence electrons. The summed E-state index contributed by atoms with van der Waals surface area (Å²) in [6, 6.07) is -0.0695. The number of thioether (sulfide) groups is 1.